The maximum Gasteiger partial charge on any atom is 0.184 e. The van der Waals surface area contributed by atoms with Gasteiger partial charge in [0.25, 0.3) is 0 Å². The van der Waals surface area contributed by atoms with Crippen LogP contribution in [-0.2, 0) is 4.74 Å². The van der Waals surface area contributed by atoms with E-state index >= 15 is 0 Å². The van der Waals surface area contributed by atoms with Crippen LogP contribution in [0.3, 0.4) is 0 Å². The van der Waals surface area contributed by atoms with Gasteiger partial charge in [-0.05, 0) is 13.3 Å². The predicted molar refractivity (Wildman–Crippen MR) is 50.6 cm³/mol. The molecule has 0 amide bonds. The van der Waals surface area contributed by atoms with E-state index in [0.29, 0.717) is 12.6 Å². The number of hydrogen-bond acceptors (Lipinski definition) is 5. The molecule has 5 atom stereocenters. The summed E-state index contributed by atoms with van der Waals surface area (Å²) in [6, 6.07) is 0.334. The molecule has 1 aliphatic rings. The minimum absolute atomic E-state index is 0.334. The van der Waals surface area contributed by atoms with Crippen LogP contribution in [0.4, 0.5) is 0 Å². The Hall–Kier alpha value is -0.200. The Balaban J connectivity index is 2.32. The summed E-state index contributed by atoms with van der Waals surface area (Å²) in [5, 5.41) is 30.9. The van der Waals surface area contributed by atoms with Crippen molar-refractivity contribution in [2.45, 2.75) is 50.9 Å². The Morgan fingerprint density at radius 2 is 1.93 bits per heavy atom. The average Bonchev–Trinajstić information content (AvgIpc) is 2.42. The molecule has 1 aliphatic heterocycles. The van der Waals surface area contributed by atoms with E-state index in [-0.39, 0.29) is 0 Å². The molecule has 0 bridgehead atoms. The third-order valence-electron chi connectivity index (χ3n) is 2.62. The average molecular weight is 205 g/mol. The smallest absolute Gasteiger partial charge is 0.184 e. The lowest BCUT2D eigenvalue weighted by Gasteiger charge is -2.17. The molecule has 84 valence electrons. The molecule has 0 aromatic heterocycles. The minimum atomic E-state index is -1.27. The quantitative estimate of drug-likeness (QED) is 0.464. The number of ether oxygens (including phenoxy) is 1. The van der Waals surface area contributed by atoms with Crippen LogP contribution in [0.1, 0.15) is 20.3 Å². The van der Waals surface area contributed by atoms with E-state index in [0.717, 1.165) is 6.42 Å². The molecular formula is C9H19NO4. The summed E-state index contributed by atoms with van der Waals surface area (Å²) in [5.41, 5.74) is 0. The van der Waals surface area contributed by atoms with Crippen molar-refractivity contribution < 1.29 is 20.1 Å². The second kappa shape index (κ2) is 5.04. The highest BCUT2D eigenvalue weighted by Crippen LogP contribution is 2.18. The van der Waals surface area contributed by atoms with Gasteiger partial charge in [0, 0.05) is 12.6 Å². The van der Waals surface area contributed by atoms with E-state index in [1.807, 2.05) is 13.8 Å². The van der Waals surface area contributed by atoms with Gasteiger partial charge in [-0.3, -0.25) is 0 Å². The molecule has 1 rings (SSSR count). The van der Waals surface area contributed by atoms with Crippen molar-refractivity contribution in [1.82, 2.24) is 5.32 Å². The van der Waals surface area contributed by atoms with Crippen molar-refractivity contribution in [2.75, 3.05) is 6.54 Å². The molecule has 14 heavy (non-hydrogen) atoms. The predicted octanol–water partition coefficient (Wildman–Crippen LogP) is -1.19. The normalized spacial score (nSPS) is 40.1. The molecule has 4 N–H and O–H groups in total. The van der Waals surface area contributed by atoms with Crippen molar-refractivity contribution in [1.29, 1.82) is 0 Å². The van der Waals surface area contributed by atoms with Gasteiger partial charge in [-0.2, -0.15) is 0 Å². The summed E-state index contributed by atoms with van der Waals surface area (Å²) in [4.78, 5) is 0. The highest BCUT2D eigenvalue weighted by Gasteiger charge is 2.41. The van der Waals surface area contributed by atoms with Crippen LogP contribution in [0.2, 0.25) is 0 Å². The first-order chi connectivity index (χ1) is 6.56. The van der Waals surface area contributed by atoms with Crippen molar-refractivity contribution >= 4 is 0 Å². The van der Waals surface area contributed by atoms with Crippen molar-refractivity contribution in [2.24, 2.45) is 0 Å². The van der Waals surface area contributed by atoms with E-state index in [1.54, 1.807) is 0 Å². The molecule has 0 aliphatic carbocycles. The maximum absolute atomic E-state index is 9.44. The Bertz CT molecular complexity index is 178. The fraction of sp³-hybridized carbons (Fsp3) is 1.00. The van der Waals surface area contributed by atoms with Crippen molar-refractivity contribution in [3.8, 4) is 0 Å². The zero-order valence-electron chi connectivity index (χ0n) is 8.55. The molecule has 5 nitrogen and oxygen atoms in total. The van der Waals surface area contributed by atoms with E-state index in [1.165, 1.54) is 0 Å². The third-order valence-corrected chi connectivity index (χ3v) is 2.62. The number of hydrogen-bond donors (Lipinski definition) is 4. The number of aliphatic hydroxyl groups excluding tert-OH is 3. The third kappa shape index (κ3) is 2.65. The first-order valence-electron chi connectivity index (χ1n) is 4.99. The van der Waals surface area contributed by atoms with Gasteiger partial charge in [0.1, 0.15) is 18.3 Å². The second-order valence-electron chi connectivity index (χ2n) is 3.76. The van der Waals surface area contributed by atoms with Crippen molar-refractivity contribution in [3.63, 3.8) is 0 Å². The topological polar surface area (TPSA) is 82.0 Å². The fourth-order valence-corrected chi connectivity index (χ4v) is 1.36. The molecule has 1 saturated heterocycles. The number of aliphatic hydroxyl groups is 3. The van der Waals surface area contributed by atoms with Crippen LogP contribution in [0.5, 0.6) is 0 Å². The van der Waals surface area contributed by atoms with Crippen LogP contribution in [0.15, 0.2) is 0 Å². The summed E-state index contributed by atoms with van der Waals surface area (Å²) in [6.07, 6.45) is -3.03. The molecule has 1 heterocycles. The van der Waals surface area contributed by atoms with Crippen LogP contribution in [0, 0.1) is 0 Å². The van der Waals surface area contributed by atoms with Gasteiger partial charge in [0.05, 0.1) is 0 Å². The summed E-state index contributed by atoms with van der Waals surface area (Å²) in [6.45, 7) is 4.51. The molecular weight excluding hydrogens is 186 g/mol. The van der Waals surface area contributed by atoms with E-state index < -0.39 is 24.6 Å². The lowest BCUT2D eigenvalue weighted by Crippen LogP contribution is -2.40. The van der Waals surface area contributed by atoms with Gasteiger partial charge in [-0.15, -0.1) is 0 Å². The molecule has 1 fully saturated rings. The molecule has 0 aromatic rings. The Kier molecular flexibility index (Phi) is 4.28. The SMILES string of the molecule is CCC(C)NC[C@H]1O[C@H](O)[C@H](O)[C@@H]1O. The Morgan fingerprint density at radius 3 is 2.36 bits per heavy atom. The summed E-state index contributed by atoms with van der Waals surface area (Å²) in [7, 11) is 0. The molecule has 5 heteroatoms. The van der Waals surface area contributed by atoms with E-state index in [2.05, 4.69) is 5.32 Å². The lowest BCUT2D eigenvalue weighted by atomic mass is 10.1. The first kappa shape index (κ1) is 11.9. The van der Waals surface area contributed by atoms with Crippen LogP contribution in [-0.4, -0.2) is 52.5 Å². The Morgan fingerprint density at radius 1 is 1.29 bits per heavy atom. The summed E-state index contributed by atoms with van der Waals surface area (Å²) >= 11 is 0. The largest absolute Gasteiger partial charge is 0.387 e. The van der Waals surface area contributed by atoms with Gasteiger partial charge >= 0.3 is 0 Å². The lowest BCUT2D eigenvalue weighted by molar-refractivity contribution is -0.126. The van der Waals surface area contributed by atoms with E-state index in [9.17, 15) is 10.2 Å². The maximum atomic E-state index is 9.44. The van der Waals surface area contributed by atoms with Crippen LogP contribution in [0.25, 0.3) is 0 Å². The molecule has 1 unspecified atom stereocenters. The monoisotopic (exact) mass is 205 g/mol. The van der Waals surface area contributed by atoms with Gasteiger partial charge < -0.3 is 25.4 Å². The van der Waals surface area contributed by atoms with Gasteiger partial charge in [-0.25, -0.2) is 0 Å². The number of nitrogens with one attached hydrogen (secondary N) is 1. The number of rotatable bonds is 4. The summed E-state index contributed by atoms with van der Waals surface area (Å²) < 4.78 is 4.97. The van der Waals surface area contributed by atoms with Crippen LogP contribution >= 0.6 is 0 Å². The van der Waals surface area contributed by atoms with Gasteiger partial charge in [-0.1, -0.05) is 6.92 Å². The Labute approximate surface area is 83.7 Å². The van der Waals surface area contributed by atoms with Gasteiger partial charge in [0.15, 0.2) is 6.29 Å². The zero-order chi connectivity index (χ0) is 10.7. The molecule has 0 radical (unpaired) electrons. The zero-order valence-corrected chi connectivity index (χ0v) is 8.55. The highest BCUT2D eigenvalue weighted by atomic mass is 16.6. The first-order valence-corrected chi connectivity index (χ1v) is 4.99. The fourth-order valence-electron chi connectivity index (χ4n) is 1.36. The molecule has 0 spiro atoms. The van der Waals surface area contributed by atoms with Crippen LogP contribution < -0.4 is 5.32 Å². The highest BCUT2D eigenvalue weighted by molar-refractivity contribution is 4.87. The van der Waals surface area contributed by atoms with Gasteiger partial charge in [0.2, 0.25) is 0 Å². The standard InChI is InChI=1S/C9H19NO4/c1-3-5(2)10-4-6-7(11)8(12)9(13)14-6/h5-13H,3-4H2,1-2H3/t5?,6-,7-,8-,9+/m1/s1. The molecule has 0 aromatic carbocycles. The molecule has 0 saturated carbocycles. The second-order valence-corrected chi connectivity index (χ2v) is 3.76. The van der Waals surface area contributed by atoms with Crippen molar-refractivity contribution in [3.05, 3.63) is 0 Å². The summed E-state index contributed by atoms with van der Waals surface area (Å²) in [5.74, 6) is 0. The minimum Gasteiger partial charge on any atom is -0.387 e. The van der Waals surface area contributed by atoms with E-state index in [4.69, 9.17) is 9.84 Å².